The van der Waals surface area contributed by atoms with Crippen molar-refractivity contribution < 1.29 is 18.7 Å². The largest absolute Gasteiger partial charge is 0.484 e. The van der Waals surface area contributed by atoms with Crippen LogP contribution in [-0.2, 0) is 9.53 Å². The van der Waals surface area contributed by atoms with Crippen LogP contribution in [0.25, 0.3) is 0 Å². The number of aryl methyl sites for hydroxylation is 2. The molecular formula is C18H20FN3O3. The first-order chi connectivity index (χ1) is 12.0. The van der Waals surface area contributed by atoms with Crippen molar-refractivity contribution in [1.82, 2.24) is 14.9 Å². The van der Waals surface area contributed by atoms with E-state index in [1.54, 1.807) is 17.0 Å². The van der Waals surface area contributed by atoms with Gasteiger partial charge in [0.25, 0.3) is 5.91 Å². The van der Waals surface area contributed by atoms with Crippen LogP contribution in [0.3, 0.4) is 0 Å². The van der Waals surface area contributed by atoms with Gasteiger partial charge in [-0.2, -0.15) is 0 Å². The van der Waals surface area contributed by atoms with Gasteiger partial charge in [0.1, 0.15) is 23.5 Å². The Morgan fingerprint density at radius 1 is 1.36 bits per heavy atom. The van der Waals surface area contributed by atoms with Gasteiger partial charge in [-0.1, -0.05) is 6.07 Å². The van der Waals surface area contributed by atoms with Crippen LogP contribution in [0.4, 0.5) is 4.39 Å². The van der Waals surface area contributed by atoms with E-state index in [1.165, 1.54) is 12.1 Å². The Morgan fingerprint density at radius 2 is 2.20 bits per heavy atom. The molecule has 1 unspecified atom stereocenters. The fourth-order valence-corrected chi connectivity index (χ4v) is 2.76. The van der Waals surface area contributed by atoms with E-state index < -0.39 is 5.82 Å². The monoisotopic (exact) mass is 345 g/mol. The maximum absolute atomic E-state index is 13.1. The van der Waals surface area contributed by atoms with E-state index in [4.69, 9.17) is 9.47 Å². The number of benzene rings is 1. The molecule has 0 spiro atoms. The molecule has 1 amide bonds. The first kappa shape index (κ1) is 17.3. The molecule has 0 N–H and O–H groups in total. The second kappa shape index (κ2) is 7.57. The minimum Gasteiger partial charge on any atom is -0.484 e. The second-order valence-corrected chi connectivity index (χ2v) is 5.93. The van der Waals surface area contributed by atoms with E-state index in [0.717, 1.165) is 11.4 Å². The van der Waals surface area contributed by atoms with Crippen molar-refractivity contribution in [3.8, 4) is 5.75 Å². The lowest BCUT2D eigenvalue weighted by atomic mass is 10.1. The summed E-state index contributed by atoms with van der Waals surface area (Å²) < 4.78 is 24.3. The molecule has 0 radical (unpaired) electrons. The summed E-state index contributed by atoms with van der Waals surface area (Å²) in [4.78, 5) is 22.7. The van der Waals surface area contributed by atoms with Crippen molar-refractivity contribution in [1.29, 1.82) is 0 Å². The minimum atomic E-state index is -0.397. The highest BCUT2D eigenvalue weighted by molar-refractivity contribution is 5.77. The number of hydrogen-bond donors (Lipinski definition) is 0. The lowest BCUT2D eigenvalue weighted by molar-refractivity contribution is -0.141. The second-order valence-electron chi connectivity index (χ2n) is 5.93. The van der Waals surface area contributed by atoms with E-state index >= 15 is 0 Å². The van der Waals surface area contributed by atoms with Crippen molar-refractivity contribution in [2.75, 3.05) is 26.3 Å². The van der Waals surface area contributed by atoms with Gasteiger partial charge in [-0.25, -0.2) is 14.4 Å². The molecule has 3 rings (SSSR count). The summed E-state index contributed by atoms with van der Waals surface area (Å²) in [5.74, 6) is 0.447. The van der Waals surface area contributed by atoms with Crippen LogP contribution in [0.1, 0.15) is 23.3 Å². The van der Waals surface area contributed by atoms with Crippen LogP contribution in [-0.4, -0.2) is 47.1 Å². The van der Waals surface area contributed by atoms with Crippen LogP contribution in [0.2, 0.25) is 0 Å². The predicted molar refractivity (Wildman–Crippen MR) is 88.7 cm³/mol. The zero-order valence-corrected chi connectivity index (χ0v) is 14.2. The Balaban J connectivity index is 1.61. The van der Waals surface area contributed by atoms with Crippen molar-refractivity contribution in [2.45, 2.75) is 20.0 Å². The van der Waals surface area contributed by atoms with Crippen LogP contribution in [0.5, 0.6) is 5.75 Å². The average Bonchev–Trinajstić information content (AvgIpc) is 2.59. The number of carbonyl (C=O) groups excluding carboxylic acids is 1. The smallest absolute Gasteiger partial charge is 0.260 e. The Kier molecular flexibility index (Phi) is 5.23. The summed E-state index contributed by atoms with van der Waals surface area (Å²) in [5.41, 5.74) is 1.64. The van der Waals surface area contributed by atoms with Crippen LogP contribution in [0, 0.1) is 19.7 Å². The number of halogens is 1. The Labute approximate surface area is 145 Å². The van der Waals surface area contributed by atoms with E-state index in [9.17, 15) is 9.18 Å². The molecule has 1 aromatic carbocycles. The molecule has 1 aliphatic rings. The standard InChI is InChI=1S/C18H20FN3O3/c1-12-8-16(21-13(2)20-12)17-10-22(6-7-24-17)18(23)11-25-15-5-3-4-14(19)9-15/h3-5,8-9,17H,6-7,10-11H2,1-2H3. The van der Waals surface area contributed by atoms with E-state index in [2.05, 4.69) is 9.97 Å². The quantitative estimate of drug-likeness (QED) is 0.850. The Bertz CT molecular complexity index is 749. The molecule has 132 valence electrons. The normalized spacial score (nSPS) is 17.4. The van der Waals surface area contributed by atoms with Gasteiger partial charge in [0, 0.05) is 18.3 Å². The van der Waals surface area contributed by atoms with E-state index in [1.807, 2.05) is 19.9 Å². The predicted octanol–water partition coefficient (Wildman–Crippen LogP) is 2.21. The van der Waals surface area contributed by atoms with Crippen molar-refractivity contribution >= 4 is 5.91 Å². The van der Waals surface area contributed by atoms with Gasteiger partial charge in [-0.15, -0.1) is 0 Å². The molecule has 0 saturated carbocycles. The van der Waals surface area contributed by atoms with Crippen LogP contribution >= 0.6 is 0 Å². The summed E-state index contributed by atoms with van der Waals surface area (Å²) in [5, 5.41) is 0. The number of amides is 1. The number of nitrogens with zero attached hydrogens (tertiary/aromatic N) is 3. The molecule has 0 bridgehead atoms. The average molecular weight is 345 g/mol. The maximum Gasteiger partial charge on any atom is 0.260 e. The van der Waals surface area contributed by atoms with Crippen LogP contribution in [0.15, 0.2) is 30.3 Å². The van der Waals surface area contributed by atoms with Gasteiger partial charge >= 0.3 is 0 Å². The molecule has 1 saturated heterocycles. The van der Waals surface area contributed by atoms with Crippen molar-refractivity contribution in [3.05, 3.63) is 53.4 Å². The highest BCUT2D eigenvalue weighted by Crippen LogP contribution is 2.21. The Hall–Kier alpha value is -2.54. The number of rotatable bonds is 4. The number of hydrogen-bond acceptors (Lipinski definition) is 5. The van der Waals surface area contributed by atoms with Gasteiger partial charge in [0.2, 0.25) is 0 Å². The summed E-state index contributed by atoms with van der Waals surface area (Å²) in [6.07, 6.45) is -0.285. The summed E-state index contributed by atoms with van der Waals surface area (Å²) in [6, 6.07) is 7.61. The molecule has 0 aliphatic carbocycles. The van der Waals surface area contributed by atoms with Gasteiger partial charge in [-0.05, 0) is 32.0 Å². The van der Waals surface area contributed by atoms with E-state index in [0.29, 0.717) is 31.3 Å². The summed E-state index contributed by atoms with van der Waals surface area (Å²) in [7, 11) is 0. The molecule has 6 nitrogen and oxygen atoms in total. The molecule has 2 heterocycles. The third-order valence-electron chi connectivity index (χ3n) is 3.89. The fourth-order valence-electron chi connectivity index (χ4n) is 2.76. The topological polar surface area (TPSA) is 64.6 Å². The number of morpholine rings is 1. The molecule has 7 heteroatoms. The molecule has 25 heavy (non-hydrogen) atoms. The van der Waals surface area contributed by atoms with Gasteiger partial charge < -0.3 is 14.4 Å². The number of ether oxygens (including phenoxy) is 2. The molecule has 1 atom stereocenters. The highest BCUT2D eigenvalue weighted by atomic mass is 19.1. The SMILES string of the molecule is Cc1cc(C2CN(C(=O)COc3cccc(F)c3)CCO2)nc(C)n1. The minimum absolute atomic E-state index is 0.141. The van der Waals surface area contributed by atoms with Crippen molar-refractivity contribution in [3.63, 3.8) is 0 Å². The fraction of sp³-hybridized carbons (Fsp3) is 0.389. The first-order valence-corrected chi connectivity index (χ1v) is 8.11. The molecule has 1 fully saturated rings. The van der Waals surface area contributed by atoms with Gasteiger partial charge in [-0.3, -0.25) is 4.79 Å². The molecule has 1 aromatic heterocycles. The van der Waals surface area contributed by atoms with Crippen LogP contribution < -0.4 is 4.74 Å². The third-order valence-corrected chi connectivity index (χ3v) is 3.89. The summed E-state index contributed by atoms with van der Waals surface area (Å²) in [6.45, 7) is 4.91. The van der Waals surface area contributed by atoms with Crippen molar-refractivity contribution in [2.24, 2.45) is 0 Å². The van der Waals surface area contributed by atoms with Gasteiger partial charge in [0.05, 0.1) is 18.8 Å². The Morgan fingerprint density at radius 3 is 2.96 bits per heavy atom. The third kappa shape index (κ3) is 4.51. The zero-order chi connectivity index (χ0) is 17.8. The molecule has 1 aliphatic heterocycles. The van der Waals surface area contributed by atoms with E-state index in [-0.39, 0.29) is 18.6 Å². The highest BCUT2D eigenvalue weighted by Gasteiger charge is 2.27. The van der Waals surface area contributed by atoms with Gasteiger partial charge in [0.15, 0.2) is 6.61 Å². The molecular weight excluding hydrogens is 325 g/mol. The lowest BCUT2D eigenvalue weighted by Crippen LogP contribution is -2.44. The molecule has 2 aromatic rings. The number of carbonyl (C=O) groups is 1. The lowest BCUT2D eigenvalue weighted by Gasteiger charge is -2.32. The first-order valence-electron chi connectivity index (χ1n) is 8.11. The number of aromatic nitrogens is 2. The summed E-state index contributed by atoms with van der Waals surface area (Å²) >= 11 is 0. The maximum atomic E-state index is 13.1. The zero-order valence-electron chi connectivity index (χ0n) is 14.2.